The number of carboxylic acids is 1. The smallest absolute Gasteiger partial charge is 0.323 e. The van der Waals surface area contributed by atoms with Crippen LogP contribution in [0.4, 0.5) is 0 Å². The van der Waals surface area contributed by atoms with E-state index in [1.54, 1.807) is 44.0 Å². The number of benzene rings is 1. The molecule has 5 nitrogen and oxygen atoms in total. The van der Waals surface area contributed by atoms with E-state index in [0.29, 0.717) is 5.75 Å². The average Bonchev–Trinajstić information content (AvgIpc) is 2.37. The Balaban J connectivity index is 3.06. The molecule has 2 N–H and O–H groups in total. The highest BCUT2D eigenvalue weighted by Crippen LogP contribution is 2.32. The minimum Gasteiger partial charge on any atom is -0.504 e. The van der Waals surface area contributed by atoms with Crippen LogP contribution in [-0.4, -0.2) is 40.8 Å². The Hall–Kier alpha value is -1.75. The molecular formula is C14H21NO4. The molecule has 0 amide bonds. The summed E-state index contributed by atoms with van der Waals surface area (Å²) < 4.78 is 5.06. The summed E-state index contributed by atoms with van der Waals surface area (Å²) in [5, 5.41) is 18.8. The summed E-state index contributed by atoms with van der Waals surface area (Å²) in [5.74, 6) is -0.433. The largest absolute Gasteiger partial charge is 0.504 e. The number of nitrogens with zero attached hydrogens (tertiary/aromatic N) is 1. The molecule has 0 saturated carbocycles. The first-order valence-electron chi connectivity index (χ1n) is 6.05. The van der Waals surface area contributed by atoms with Crippen LogP contribution < -0.4 is 4.74 Å². The van der Waals surface area contributed by atoms with Gasteiger partial charge in [0.25, 0.3) is 0 Å². The Kier molecular flexibility index (Phi) is 4.42. The van der Waals surface area contributed by atoms with Crippen molar-refractivity contribution >= 4 is 5.97 Å². The third-order valence-electron chi connectivity index (χ3n) is 3.67. The molecule has 0 heterocycles. The molecule has 0 aliphatic carbocycles. The van der Waals surface area contributed by atoms with Gasteiger partial charge in [0, 0.05) is 6.04 Å². The van der Waals surface area contributed by atoms with E-state index in [1.165, 1.54) is 7.11 Å². The minimum absolute atomic E-state index is 0.0681. The molecule has 1 atom stereocenters. The lowest BCUT2D eigenvalue weighted by Gasteiger charge is -2.36. The summed E-state index contributed by atoms with van der Waals surface area (Å²) in [6.07, 6.45) is 0. The second-order valence-electron chi connectivity index (χ2n) is 5.08. The highest BCUT2D eigenvalue weighted by molar-refractivity contribution is 5.77. The third-order valence-corrected chi connectivity index (χ3v) is 3.67. The molecule has 19 heavy (non-hydrogen) atoms. The van der Waals surface area contributed by atoms with Gasteiger partial charge in [-0.2, -0.15) is 0 Å². The second-order valence-corrected chi connectivity index (χ2v) is 5.08. The zero-order valence-electron chi connectivity index (χ0n) is 12.0. The van der Waals surface area contributed by atoms with Crippen molar-refractivity contribution in [3.05, 3.63) is 23.8 Å². The molecule has 0 aliphatic rings. The lowest BCUT2D eigenvalue weighted by atomic mass is 9.98. The molecule has 5 heteroatoms. The van der Waals surface area contributed by atoms with Gasteiger partial charge in [0.15, 0.2) is 11.5 Å². The molecule has 0 radical (unpaired) electrons. The van der Waals surface area contributed by atoms with E-state index in [-0.39, 0.29) is 11.8 Å². The SMILES string of the molecule is COc1cc(C(C)N(C)C(C)(C)C(=O)O)ccc1O. The fraction of sp³-hybridized carbons (Fsp3) is 0.500. The fourth-order valence-electron chi connectivity index (χ4n) is 1.81. The molecule has 0 fully saturated rings. The van der Waals surface area contributed by atoms with Gasteiger partial charge in [-0.25, -0.2) is 0 Å². The number of aliphatic carboxylic acids is 1. The Bertz CT molecular complexity index is 471. The lowest BCUT2D eigenvalue weighted by molar-refractivity contribution is -0.149. The maximum absolute atomic E-state index is 11.3. The van der Waals surface area contributed by atoms with Crippen molar-refractivity contribution in [1.29, 1.82) is 0 Å². The second kappa shape index (κ2) is 5.48. The van der Waals surface area contributed by atoms with Gasteiger partial charge in [0.2, 0.25) is 0 Å². The minimum atomic E-state index is -0.982. The van der Waals surface area contributed by atoms with Crippen molar-refractivity contribution in [2.24, 2.45) is 0 Å². The summed E-state index contributed by atoms with van der Waals surface area (Å²) >= 11 is 0. The zero-order chi connectivity index (χ0) is 14.8. The van der Waals surface area contributed by atoms with E-state index in [1.807, 2.05) is 6.92 Å². The van der Waals surface area contributed by atoms with Gasteiger partial charge >= 0.3 is 5.97 Å². The number of carboxylic acid groups (broad SMARTS) is 1. The predicted octanol–water partition coefficient (Wildman–Crippen LogP) is 2.26. The van der Waals surface area contributed by atoms with E-state index < -0.39 is 11.5 Å². The molecule has 0 spiro atoms. The van der Waals surface area contributed by atoms with Crippen LogP contribution >= 0.6 is 0 Å². The van der Waals surface area contributed by atoms with Crippen LogP contribution in [-0.2, 0) is 4.79 Å². The first kappa shape index (κ1) is 15.3. The Morgan fingerprint density at radius 2 is 2.00 bits per heavy atom. The van der Waals surface area contributed by atoms with Gasteiger partial charge in [-0.3, -0.25) is 9.69 Å². The molecule has 1 unspecified atom stereocenters. The zero-order valence-corrected chi connectivity index (χ0v) is 12.0. The van der Waals surface area contributed by atoms with E-state index in [4.69, 9.17) is 4.74 Å². The van der Waals surface area contributed by atoms with Crippen molar-refractivity contribution in [3.63, 3.8) is 0 Å². The summed E-state index contributed by atoms with van der Waals surface area (Å²) in [5.41, 5.74) is -0.101. The fourth-order valence-corrected chi connectivity index (χ4v) is 1.81. The van der Waals surface area contributed by atoms with Crippen molar-refractivity contribution in [1.82, 2.24) is 4.90 Å². The molecule has 0 aliphatic heterocycles. The Morgan fingerprint density at radius 3 is 2.47 bits per heavy atom. The number of carbonyl (C=O) groups is 1. The number of phenols is 1. The van der Waals surface area contributed by atoms with E-state index in [2.05, 4.69) is 0 Å². The molecule has 1 aromatic rings. The first-order valence-corrected chi connectivity index (χ1v) is 6.05. The van der Waals surface area contributed by atoms with Crippen LogP contribution in [0.3, 0.4) is 0 Å². The standard InChI is InChI=1S/C14H21NO4/c1-9(15(4)14(2,3)13(17)18)10-6-7-11(16)12(8-10)19-5/h6-9,16H,1-5H3,(H,17,18). The summed E-state index contributed by atoms with van der Waals surface area (Å²) in [4.78, 5) is 13.0. The molecule has 1 aromatic carbocycles. The van der Waals surface area contributed by atoms with Crippen molar-refractivity contribution in [2.75, 3.05) is 14.2 Å². The summed E-state index contributed by atoms with van der Waals surface area (Å²) in [6.45, 7) is 5.23. The monoisotopic (exact) mass is 267 g/mol. The van der Waals surface area contributed by atoms with E-state index >= 15 is 0 Å². The average molecular weight is 267 g/mol. The van der Waals surface area contributed by atoms with E-state index in [0.717, 1.165) is 5.56 Å². The van der Waals surface area contributed by atoms with Crippen LogP contribution in [0.15, 0.2) is 18.2 Å². The van der Waals surface area contributed by atoms with Crippen LogP contribution in [0, 0.1) is 0 Å². The molecule has 0 saturated heterocycles. The van der Waals surface area contributed by atoms with Crippen LogP contribution in [0.5, 0.6) is 11.5 Å². The topological polar surface area (TPSA) is 70.0 Å². The predicted molar refractivity (Wildman–Crippen MR) is 72.6 cm³/mol. The molecule has 0 aromatic heterocycles. The third kappa shape index (κ3) is 2.98. The number of phenolic OH excluding ortho intramolecular Hbond substituents is 1. The van der Waals surface area contributed by atoms with Crippen molar-refractivity contribution in [2.45, 2.75) is 32.4 Å². The highest BCUT2D eigenvalue weighted by Gasteiger charge is 2.35. The highest BCUT2D eigenvalue weighted by atomic mass is 16.5. The number of ether oxygens (including phenoxy) is 1. The van der Waals surface area contributed by atoms with Gasteiger partial charge in [-0.05, 0) is 45.5 Å². The van der Waals surface area contributed by atoms with Crippen LogP contribution in [0.1, 0.15) is 32.4 Å². The molecule has 0 bridgehead atoms. The van der Waals surface area contributed by atoms with Crippen molar-refractivity contribution in [3.8, 4) is 11.5 Å². The number of hydrogen-bond acceptors (Lipinski definition) is 4. The van der Waals surface area contributed by atoms with Crippen LogP contribution in [0.2, 0.25) is 0 Å². The quantitative estimate of drug-likeness (QED) is 0.856. The molecular weight excluding hydrogens is 246 g/mol. The van der Waals surface area contributed by atoms with E-state index in [9.17, 15) is 15.0 Å². The summed E-state index contributed by atoms with van der Waals surface area (Å²) in [6, 6.07) is 4.90. The first-order chi connectivity index (χ1) is 8.71. The molecule has 1 rings (SSSR count). The maximum Gasteiger partial charge on any atom is 0.323 e. The number of rotatable bonds is 5. The normalized spacial score (nSPS) is 13.4. The Morgan fingerprint density at radius 1 is 1.42 bits per heavy atom. The summed E-state index contributed by atoms with van der Waals surface area (Å²) in [7, 11) is 3.24. The van der Waals surface area contributed by atoms with Gasteiger partial charge in [0.05, 0.1) is 7.11 Å². The lowest BCUT2D eigenvalue weighted by Crippen LogP contribution is -2.48. The number of hydrogen-bond donors (Lipinski definition) is 2. The van der Waals surface area contributed by atoms with Gasteiger partial charge in [-0.15, -0.1) is 0 Å². The number of aromatic hydroxyl groups is 1. The van der Waals surface area contributed by atoms with Crippen molar-refractivity contribution < 1.29 is 19.7 Å². The van der Waals surface area contributed by atoms with Gasteiger partial charge in [-0.1, -0.05) is 6.07 Å². The number of likely N-dealkylation sites (N-methyl/N-ethyl adjacent to an activating group) is 1. The van der Waals surface area contributed by atoms with Crippen LogP contribution in [0.25, 0.3) is 0 Å². The van der Waals surface area contributed by atoms with Gasteiger partial charge in [0.1, 0.15) is 5.54 Å². The Labute approximate surface area is 113 Å². The number of methoxy groups -OCH3 is 1. The maximum atomic E-state index is 11.3. The van der Waals surface area contributed by atoms with Gasteiger partial charge < -0.3 is 14.9 Å². The molecule has 106 valence electrons.